The van der Waals surface area contributed by atoms with Crippen molar-refractivity contribution in [1.82, 2.24) is 10.3 Å². The van der Waals surface area contributed by atoms with Crippen molar-refractivity contribution < 1.29 is 14.3 Å². The number of carbonyl (C=O) groups is 1. The van der Waals surface area contributed by atoms with Gasteiger partial charge in [-0.25, -0.2) is 0 Å². The average molecular weight is 385 g/mol. The monoisotopic (exact) mass is 384 g/mol. The van der Waals surface area contributed by atoms with Gasteiger partial charge in [-0.15, -0.1) is 0 Å². The number of hydrogen-bond acceptors (Lipinski definition) is 3. The van der Waals surface area contributed by atoms with Crippen LogP contribution >= 0.6 is 11.6 Å². The first-order chi connectivity index (χ1) is 13.1. The molecule has 2 N–H and O–H groups in total. The Kier molecular flexibility index (Phi) is 4.94. The van der Waals surface area contributed by atoms with Crippen molar-refractivity contribution in [2.45, 2.75) is 25.3 Å². The highest BCUT2D eigenvalue weighted by Crippen LogP contribution is 2.31. The van der Waals surface area contributed by atoms with Crippen LogP contribution in [-0.2, 0) is 17.6 Å². The molecule has 0 aliphatic heterocycles. The smallest absolute Gasteiger partial charge is 0.258 e. The first-order valence-corrected chi connectivity index (χ1v) is 9.36. The van der Waals surface area contributed by atoms with E-state index in [1.807, 2.05) is 30.3 Å². The van der Waals surface area contributed by atoms with Crippen LogP contribution in [0.3, 0.4) is 0 Å². The number of nitrogens with one attached hydrogen (secondary N) is 2. The number of halogens is 1. The minimum atomic E-state index is -0.132. The number of hydrogen-bond donors (Lipinski definition) is 2. The molecule has 4 rings (SSSR count). The summed E-state index contributed by atoms with van der Waals surface area (Å²) in [5.41, 5.74) is 3.58. The Bertz CT molecular complexity index is 983. The molecule has 2 aromatic carbocycles. The van der Waals surface area contributed by atoms with E-state index < -0.39 is 0 Å². The number of para-hydroxylation sites is 2. The minimum absolute atomic E-state index is 0.0383. The van der Waals surface area contributed by atoms with Crippen LogP contribution in [-0.4, -0.2) is 30.6 Å². The zero-order valence-electron chi connectivity index (χ0n) is 15.0. The van der Waals surface area contributed by atoms with E-state index in [4.69, 9.17) is 21.1 Å². The third-order valence-corrected chi connectivity index (χ3v) is 5.18. The maximum absolute atomic E-state index is 12.3. The Morgan fingerprint density at radius 1 is 1.26 bits per heavy atom. The van der Waals surface area contributed by atoms with Crippen LogP contribution in [0.2, 0.25) is 5.02 Å². The predicted molar refractivity (Wildman–Crippen MR) is 106 cm³/mol. The number of aromatic nitrogens is 1. The molecule has 0 fully saturated rings. The number of aryl methyl sites for hydroxylation is 1. The molecule has 0 saturated heterocycles. The number of amides is 1. The van der Waals surface area contributed by atoms with Crippen molar-refractivity contribution in [2.24, 2.45) is 0 Å². The average Bonchev–Trinajstić information content (AvgIpc) is 3.04. The highest BCUT2D eigenvalue weighted by molar-refractivity contribution is 6.31. The topological polar surface area (TPSA) is 63.4 Å². The molecule has 1 aromatic heterocycles. The molecule has 5 nitrogen and oxygen atoms in total. The fraction of sp³-hybridized carbons (Fsp3) is 0.286. The van der Waals surface area contributed by atoms with Gasteiger partial charge in [0.25, 0.3) is 5.91 Å². The van der Waals surface area contributed by atoms with E-state index in [-0.39, 0.29) is 18.6 Å². The maximum Gasteiger partial charge on any atom is 0.258 e. The van der Waals surface area contributed by atoms with Crippen LogP contribution in [0.1, 0.15) is 17.7 Å². The number of rotatable bonds is 5. The lowest BCUT2D eigenvalue weighted by Gasteiger charge is -2.23. The summed E-state index contributed by atoms with van der Waals surface area (Å²) < 4.78 is 10.8. The quantitative estimate of drug-likeness (QED) is 0.701. The van der Waals surface area contributed by atoms with Gasteiger partial charge in [-0.05, 0) is 55.2 Å². The number of benzene rings is 2. The first-order valence-electron chi connectivity index (χ1n) is 8.98. The summed E-state index contributed by atoms with van der Waals surface area (Å²) in [6, 6.07) is 13.3. The molecule has 1 aliphatic carbocycles. The normalized spacial score (nSPS) is 16.0. The van der Waals surface area contributed by atoms with Crippen molar-refractivity contribution in [1.29, 1.82) is 0 Å². The minimum Gasteiger partial charge on any atom is -0.493 e. The number of fused-ring (bicyclic) bond motifs is 3. The Labute approximate surface area is 162 Å². The summed E-state index contributed by atoms with van der Waals surface area (Å²) in [7, 11) is 1.58. The Morgan fingerprint density at radius 2 is 2.07 bits per heavy atom. The second kappa shape index (κ2) is 7.53. The van der Waals surface area contributed by atoms with Crippen LogP contribution in [0, 0.1) is 0 Å². The molecule has 0 spiro atoms. The summed E-state index contributed by atoms with van der Waals surface area (Å²) in [5.74, 6) is 1.04. The van der Waals surface area contributed by atoms with E-state index in [0.29, 0.717) is 11.5 Å². The van der Waals surface area contributed by atoms with Gasteiger partial charge in [-0.2, -0.15) is 0 Å². The lowest BCUT2D eigenvalue weighted by molar-refractivity contribution is -0.123. The van der Waals surface area contributed by atoms with Gasteiger partial charge in [-0.3, -0.25) is 4.79 Å². The molecule has 0 bridgehead atoms. The van der Waals surface area contributed by atoms with Crippen molar-refractivity contribution in [2.75, 3.05) is 13.7 Å². The first kappa shape index (κ1) is 17.7. The van der Waals surface area contributed by atoms with Crippen molar-refractivity contribution in [3.8, 4) is 11.5 Å². The van der Waals surface area contributed by atoms with Crippen LogP contribution in [0.4, 0.5) is 0 Å². The van der Waals surface area contributed by atoms with Gasteiger partial charge in [0.1, 0.15) is 0 Å². The van der Waals surface area contributed by atoms with Crippen molar-refractivity contribution >= 4 is 28.4 Å². The molecule has 140 valence electrons. The number of methoxy groups -OCH3 is 1. The highest BCUT2D eigenvalue weighted by atomic mass is 35.5. The molecule has 3 aromatic rings. The van der Waals surface area contributed by atoms with E-state index in [1.165, 1.54) is 11.3 Å². The Balaban J connectivity index is 1.40. The molecule has 0 saturated carbocycles. The molecule has 1 unspecified atom stereocenters. The molecule has 0 radical (unpaired) electrons. The SMILES string of the molecule is COc1ccccc1OCC(=O)NC1CCc2[nH]c3ccc(Cl)cc3c2C1. The van der Waals surface area contributed by atoms with E-state index in [1.54, 1.807) is 19.2 Å². The fourth-order valence-corrected chi connectivity index (χ4v) is 3.84. The molecule has 1 atom stereocenters. The number of ether oxygens (including phenoxy) is 2. The second-order valence-electron chi connectivity index (χ2n) is 6.72. The molecule has 1 heterocycles. The number of carbonyl (C=O) groups excluding carboxylic acids is 1. The Hall–Kier alpha value is -2.66. The third kappa shape index (κ3) is 3.74. The summed E-state index contributed by atoms with van der Waals surface area (Å²) in [4.78, 5) is 15.8. The lowest BCUT2D eigenvalue weighted by Crippen LogP contribution is -2.41. The number of aromatic amines is 1. The standard InChI is InChI=1S/C21H21ClN2O3/c1-26-19-4-2-3-5-20(19)27-12-21(25)23-14-7-9-18-16(11-14)15-10-13(22)6-8-17(15)24-18/h2-6,8,10,14,24H,7,9,11-12H2,1H3,(H,23,25). The summed E-state index contributed by atoms with van der Waals surface area (Å²) in [5, 5.41) is 4.95. The van der Waals surface area contributed by atoms with E-state index in [9.17, 15) is 4.79 Å². The zero-order valence-corrected chi connectivity index (χ0v) is 15.8. The molecular formula is C21H21ClN2O3. The van der Waals surface area contributed by atoms with Gasteiger partial charge >= 0.3 is 0 Å². The highest BCUT2D eigenvalue weighted by Gasteiger charge is 2.24. The third-order valence-electron chi connectivity index (χ3n) is 4.94. The summed E-state index contributed by atoms with van der Waals surface area (Å²) >= 11 is 6.15. The van der Waals surface area contributed by atoms with Crippen LogP contribution in [0.15, 0.2) is 42.5 Å². The Morgan fingerprint density at radius 3 is 2.89 bits per heavy atom. The van der Waals surface area contributed by atoms with Gasteiger partial charge in [0.15, 0.2) is 18.1 Å². The molecule has 27 heavy (non-hydrogen) atoms. The zero-order chi connectivity index (χ0) is 18.8. The van der Waals surface area contributed by atoms with E-state index in [0.717, 1.165) is 35.2 Å². The van der Waals surface area contributed by atoms with E-state index >= 15 is 0 Å². The van der Waals surface area contributed by atoms with Gasteiger partial charge in [0, 0.05) is 27.7 Å². The second-order valence-corrected chi connectivity index (χ2v) is 7.16. The fourth-order valence-electron chi connectivity index (χ4n) is 3.66. The van der Waals surface area contributed by atoms with Gasteiger partial charge in [0.2, 0.25) is 0 Å². The van der Waals surface area contributed by atoms with Crippen LogP contribution in [0.5, 0.6) is 11.5 Å². The van der Waals surface area contributed by atoms with Gasteiger partial charge in [0.05, 0.1) is 7.11 Å². The van der Waals surface area contributed by atoms with Crippen LogP contribution in [0.25, 0.3) is 10.9 Å². The lowest BCUT2D eigenvalue weighted by atomic mass is 9.91. The predicted octanol–water partition coefficient (Wildman–Crippen LogP) is 3.88. The summed E-state index contributed by atoms with van der Waals surface area (Å²) in [6.07, 6.45) is 2.59. The van der Waals surface area contributed by atoms with E-state index in [2.05, 4.69) is 10.3 Å². The molecule has 1 amide bonds. The maximum atomic E-state index is 12.3. The van der Waals surface area contributed by atoms with Gasteiger partial charge < -0.3 is 19.8 Å². The molecular weight excluding hydrogens is 364 g/mol. The van der Waals surface area contributed by atoms with Gasteiger partial charge in [-0.1, -0.05) is 23.7 Å². The summed E-state index contributed by atoms with van der Waals surface area (Å²) in [6.45, 7) is -0.0383. The molecule has 6 heteroatoms. The van der Waals surface area contributed by atoms with Crippen molar-refractivity contribution in [3.05, 3.63) is 58.7 Å². The van der Waals surface area contributed by atoms with Crippen molar-refractivity contribution in [3.63, 3.8) is 0 Å². The number of H-pyrrole nitrogens is 1. The van der Waals surface area contributed by atoms with Crippen LogP contribution < -0.4 is 14.8 Å². The largest absolute Gasteiger partial charge is 0.493 e. The molecule has 1 aliphatic rings.